The van der Waals surface area contributed by atoms with Crippen LogP contribution in [0.5, 0.6) is 23.5 Å². The molecule has 0 aliphatic carbocycles. The number of benzene rings is 1. The fraction of sp³-hybridized carbons (Fsp3) is 0.200. The first kappa shape index (κ1) is 15.5. The van der Waals surface area contributed by atoms with Crippen LogP contribution < -0.4 is 14.2 Å². The lowest BCUT2D eigenvalue weighted by molar-refractivity contribution is 0.0694. The molecule has 0 spiro atoms. The summed E-state index contributed by atoms with van der Waals surface area (Å²) in [4.78, 5) is 19.6. The molecule has 0 aliphatic rings. The Labute approximate surface area is 135 Å². The lowest BCUT2D eigenvalue weighted by Crippen LogP contribution is -2.03. The number of aryl methyl sites for hydroxylation is 1. The van der Waals surface area contributed by atoms with E-state index < -0.39 is 5.97 Å². The van der Waals surface area contributed by atoms with Gasteiger partial charge in [-0.05, 0) is 19.1 Å². The van der Waals surface area contributed by atoms with Gasteiger partial charge in [0.05, 0.1) is 26.0 Å². The summed E-state index contributed by atoms with van der Waals surface area (Å²) in [5.41, 5.74) is 0.532. The molecule has 0 unspecified atom stereocenters. The van der Waals surface area contributed by atoms with E-state index in [0.717, 1.165) is 0 Å². The number of methoxy groups -OCH3 is 2. The lowest BCUT2D eigenvalue weighted by Gasteiger charge is -2.09. The molecule has 0 saturated carbocycles. The van der Waals surface area contributed by atoms with Gasteiger partial charge in [0, 0.05) is 5.39 Å². The highest BCUT2D eigenvalue weighted by Gasteiger charge is 2.22. The number of hydrogen-bond acceptors (Lipinski definition) is 8. The third-order valence-electron chi connectivity index (χ3n) is 3.28. The molecule has 24 heavy (non-hydrogen) atoms. The van der Waals surface area contributed by atoms with Crippen molar-refractivity contribution in [3.05, 3.63) is 29.5 Å². The van der Waals surface area contributed by atoms with Gasteiger partial charge in [-0.25, -0.2) is 4.79 Å². The van der Waals surface area contributed by atoms with Gasteiger partial charge >= 0.3 is 12.0 Å². The highest BCUT2D eigenvalue weighted by molar-refractivity contribution is 6.04. The van der Waals surface area contributed by atoms with Gasteiger partial charge in [-0.2, -0.15) is 9.97 Å². The second-order valence-corrected chi connectivity index (χ2v) is 4.73. The minimum absolute atomic E-state index is 0.0152. The summed E-state index contributed by atoms with van der Waals surface area (Å²) in [5.74, 6) is -0.779. The highest BCUT2D eigenvalue weighted by atomic mass is 16.5. The number of hydrogen-bond donors (Lipinski definition) is 1. The number of rotatable bonds is 5. The Bertz CT molecular complexity index is 899. The fourth-order valence-electron chi connectivity index (χ4n) is 2.13. The van der Waals surface area contributed by atoms with Crippen molar-refractivity contribution in [3.8, 4) is 23.5 Å². The number of carboxylic acids is 1. The summed E-state index contributed by atoms with van der Waals surface area (Å²) in [6.45, 7) is 1.72. The number of ether oxygens (including phenoxy) is 3. The molecule has 0 radical (unpaired) electrons. The molecule has 0 bridgehead atoms. The lowest BCUT2D eigenvalue weighted by atomic mass is 10.1. The van der Waals surface area contributed by atoms with Crippen molar-refractivity contribution in [2.45, 2.75) is 6.92 Å². The molecule has 2 heterocycles. The Morgan fingerprint density at radius 2 is 1.83 bits per heavy atom. The van der Waals surface area contributed by atoms with Crippen molar-refractivity contribution in [2.24, 2.45) is 0 Å². The summed E-state index contributed by atoms with van der Waals surface area (Å²) in [5, 5.41) is 13.9. The topological polar surface area (TPSA) is 117 Å². The molecule has 0 aliphatic heterocycles. The van der Waals surface area contributed by atoms with E-state index >= 15 is 0 Å². The first-order valence-corrected chi connectivity index (χ1v) is 6.80. The smallest absolute Gasteiger partial charge is 0.343 e. The predicted molar refractivity (Wildman–Crippen MR) is 80.9 cm³/mol. The maximum absolute atomic E-state index is 11.6. The zero-order chi connectivity index (χ0) is 17.3. The maximum atomic E-state index is 11.6. The van der Waals surface area contributed by atoms with Crippen molar-refractivity contribution in [3.63, 3.8) is 0 Å². The molecule has 124 valence electrons. The largest absolute Gasteiger partial charge is 0.481 e. The average Bonchev–Trinajstić information content (AvgIpc) is 2.95. The zero-order valence-corrected chi connectivity index (χ0v) is 13.1. The van der Waals surface area contributed by atoms with Crippen molar-refractivity contribution in [2.75, 3.05) is 14.2 Å². The zero-order valence-electron chi connectivity index (χ0n) is 13.1. The third kappa shape index (κ3) is 2.67. The van der Waals surface area contributed by atoms with Crippen molar-refractivity contribution >= 4 is 16.9 Å². The molecule has 0 fully saturated rings. The van der Waals surface area contributed by atoms with E-state index in [4.69, 9.17) is 18.7 Å². The van der Waals surface area contributed by atoms with E-state index in [1.54, 1.807) is 13.0 Å². The number of carbonyl (C=O) groups is 1. The molecule has 3 aromatic rings. The van der Waals surface area contributed by atoms with Gasteiger partial charge in [0.25, 0.3) is 0 Å². The van der Waals surface area contributed by atoms with Gasteiger partial charge in [-0.3, -0.25) is 0 Å². The molecular formula is C15H13N3O6. The maximum Gasteiger partial charge on any atom is 0.343 e. The third-order valence-corrected chi connectivity index (χ3v) is 3.28. The first-order chi connectivity index (χ1) is 11.5. The van der Waals surface area contributed by atoms with Crippen molar-refractivity contribution in [1.29, 1.82) is 0 Å². The molecule has 0 atom stereocenters. The van der Waals surface area contributed by atoms with Crippen LogP contribution in [0.2, 0.25) is 0 Å². The second kappa shape index (κ2) is 6.03. The standard InChI is InChI=1S/C15H13N3O6/c1-7-8-4-5-9(12(14(19)20)13(8)24-18-7)23-15-16-10(21-2)6-11(17-15)22-3/h4-6H,1-3H3,(H,19,20). The van der Waals surface area contributed by atoms with Crippen LogP contribution in [-0.4, -0.2) is 40.4 Å². The predicted octanol–water partition coefficient (Wildman–Crippen LogP) is 2.43. The van der Waals surface area contributed by atoms with Gasteiger partial charge in [-0.15, -0.1) is 0 Å². The van der Waals surface area contributed by atoms with E-state index in [-0.39, 0.29) is 34.7 Å². The Kier molecular flexibility index (Phi) is 3.90. The van der Waals surface area contributed by atoms with Crippen LogP contribution in [-0.2, 0) is 0 Å². The van der Waals surface area contributed by atoms with Crippen LogP contribution in [0.25, 0.3) is 11.0 Å². The van der Waals surface area contributed by atoms with Crippen LogP contribution >= 0.6 is 0 Å². The van der Waals surface area contributed by atoms with Crippen LogP contribution in [0.4, 0.5) is 0 Å². The minimum Gasteiger partial charge on any atom is -0.481 e. The monoisotopic (exact) mass is 331 g/mol. The molecule has 9 nitrogen and oxygen atoms in total. The van der Waals surface area contributed by atoms with E-state index in [1.165, 1.54) is 26.4 Å². The van der Waals surface area contributed by atoms with E-state index in [9.17, 15) is 9.90 Å². The van der Waals surface area contributed by atoms with Crippen molar-refractivity contribution < 1.29 is 28.6 Å². The summed E-state index contributed by atoms with van der Waals surface area (Å²) >= 11 is 0. The Balaban J connectivity index is 2.10. The molecule has 0 saturated heterocycles. The Morgan fingerprint density at radius 3 is 2.42 bits per heavy atom. The number of fused-ring (bicyclic) bond motifs is 1. The second-order valence-electron chi connectivity index (χ2n) is 4.73. The van der Waals surface area contributed by atoms with E-state index in [0.29, 0.717) is 11.1 Å². The number of aromatic carboxylic acids is 1. The summed E-state index contributed by atoms with van der Waals surface area (Å²) in [6, 6.07) is 4.49. The molecule has 1 N–H and O–H groups in total. The van der Waals surface area contributed by atoms with Gasteiger partial charge in [0.15, 0.2) is 5.58 Å². The van der Waals surface area contributed by atoms with Gasteiger partial charge < -0.3 is 23.8 Å². The molecule has 9 heteroatoms. The molecule has 3 rings (SSSR count). The quantitative estimate of drug-likeness (QED) is 0.752. The average molecular weight is 331 g/mol. The Morgan fingerprint density at radius 1 is 1.17 bits per heavy atom. The van der Waals surface area contributed by atoms with Gasteiger partial charge in [0.1, 0.15) is 11.3 Å². The van der Waals surface area contributed by atoms with E-state index in [1.807, 2.05) is 0 Å². The normalized spacial score (nSPS) is 10.6. The van der Waals surface area contributed by atoms with Crippen LogP contribution in [0.15, 0.2) is 22.7 Å². The number of nitrogens with zero attached hydrogens (tertiary/aromatic N) is 3. The van der Waals surface area contributed by atoms with Gasteiger partial charge in [-0.1, -0.05) is 5.16 Å². The summed E-state index contributed by atoms with van der Waals surface area (Å²) in [6.07, 6.45) is 0. The molecule has 2 aromatic heterocycles. The van der Waals surface area contributed by atoms with Crippen molar-refractivity contribution in [1.82, 2.24) is 15.1 Å². The molecule has 0 amide bonds. The minimum atomic E-state index is -1.22. The Hall–Kier alpha value is -3.36. The van der Waals surface area contributed by atoms with Crippen LogP contribution in [0, 0.1) is 6.92 Å². The van der Waals surface area contributed by atoms with Gasteiger partial charge in [0.2, 0.25) is 11.8 Å². The number of aromatic nitrogens is 3. The SMILES string of the molecule is COc1cc(OC)nc(Oc2ccc3c(C)noc3c2C(=O)O)n1. The molecule has 1 aromatic carbocycles. The van der Waals surface area contributed by atoms with E-state index in [2.05, 4.69) is 15.1 Å². The van der Waals surface area contributed by atoms with Crippen LogP contribution in [0.3, 0.4) is 0 Å². The fourth-order valence-corrected chi connectivity index (χ4v) is 2.13. The van der Waals surface area contributed by atoms with Crippen LogP contribution in [0.1, 0.15) is 16.1 Å². The molecular weight excluding hydrogens is 318 g/mol. The first-order valence-electron chi connectivity index (χ1n) is 6.80. The summed E-state index contributed by atoms with van der Waals surface area (Å²) in [7, 11) is 2.86. The number of carboxylic acid groups (broad SMARTS) is 1. The summed E-state index contributed by atoms with van der Waals surface area (Å²) < 4.78 is 20.7. The highest BCUT2D eigenvalue weighted by Crippen LogP contribution is 2.33.